The lowest BCUT2D eigenvalue weighted by molar-refractivity contribution is -0.00294. The van der Waals surface area contributed by atoms with Gasteiger partial charge in [0.05, 0.1) is 6.10 Å². The minimum Gasteiger partial charge on any atom is -0.390 e. The van der Waals surface area contributed by atoms with Crippen LogP contribution in [-0.2, 0) is 6.54 Å². The molecule has 0 amide bonds. The second-order valence-electron chi connectivity index (χ2n) is 5.30. The van der Waals surface area contributed by atoms with Gasteiger partial charge in [-0.25, -0.2) is 0 Å². The number of hydrogen-bond donors (Lipinski definition) is 2. The quantitative estimate of drug-likeness (QED) is 0.630. The Morgan fingerprint density at radius 1 is 1.47 bits per heavy atom. The second kappa shape index (κ2) is 6.17. The number of unbranched alkanes of at least 4 members (excludes halogenated alkanes) is 1. The number of nitrogens with one attached hydrogen (secondary N) is 1. The lowest BCUT2D eigenvalue weighted by atomic mass is 10.1. The highest BCUT2D eigenvalue weighted by molar-refractivity contribution is 5.92. The predicted octanol–water partition coefficient (Wildman–Crippen LogP) is 2.15. The van der Waals surface area contributed by atoms with E-state index in [1.807, 2.05) is 29.1 Å². The van der Waals surface area contributed by atoms with E-state index in [9.17, 15) is 5.11 Å². The molecule has 0 unspecified atom stereocenters. The van der Waals surface area contributed by atoms with Crippen LogP contribution in [0.4, 0.5) is 0 Å². The molecule has 2 N–H and O–H groups in total. The summed E-state index contributed by atoms with van der Waals surface area (Å²) in [6.45, 7) is 6.59. The monoisotopic (exact) mass is 261 g/mol. The Morgan fingerprint density at radius 2 is 2.21 bits per heavy atom. The number of nitrogens with zero attached hydrogens (tertiary/aromatic N) is 2. The van der Waals surface area contributed by atoms with Crippen molar-refractivity contribution < 1.29 is 5.11 Å². The summed E-state index contributed by atoms with van der Waals surface area (Å²) in [7, 11) is 0. The van der Waals surface area contributed by atoms with Gasteiger partial charge in [-0.15, -0.1) is 0 Å². The largest absolute Gasteiger partial charge is 0.390 e. The molecule has 1 aliphatic heterocycles. The van der Waals surface area contributed by atoms with E-state index in [0.29, 0.717) is 5.84 Å². The SMILES string of the molecule is CCCC=CC(=N)n1cc(C)c(CN2CC(O)C2)c1. The fourth-order valence-electron chi connectivity index (χ4n) is 2.26. The molecule has 0 saturated carbocycles. The number of hydrogen-bond acceptors (Lipinski definition) is 3. The van der Waals surface area contributed by atoms with Gasteiger partial charge >= 0.3 is 0 Å². The first-order chi connectivity index (χ1) is 9.10. The summed E-state index contributed by atoms with van der Waals surface area (Å²) < 4.78 is 1.87. The van der Waals surface area contributed by atoms with Crippen molar-refractivity contribution in [2.45, 2.75) is 39.3 Å². The van der Waals surface area contributed by atoms with Crippen LogP contribution < -0.4 is 0 Å². The van der Waals surface area contributed by atoms with E-state index in [4.69, 9.17) is 5.41 Å². The number of aryl methyl sites for hydroxylation is 1. The maximum atomic E-state index is 9.29. The van der Waals surface area contributed by atoms with Crippen LogP contribution in [0.1, 0.15) is 30.9 Å². The van der Waals surface area contributed by atoms with Gasteiger partial charge in [0.25, 0.3) is 0 Å². The van der Waals surface area contributed by atoms with Gasteiger partial charge in [0.2, 0.25) is 0 Å². The van der Waals surface area contributed by atoms with Gasteiger partial charge in [-0.05, 0) is 30.5 Å². The Kier molecular flexibility index (Phi) is 4.56. The molecule has 0 aromatic carbocycles. The normalized spacial score (nSPS) is 17.0. The highest BCUT2D eigenvalue weighted by atomic mass is 16.3. The standard InChI is InChI=1S/C15H23N3O/c1-3-4-5-6-15(16)18-7-12(2)13(9-18)8-17-10-14(19)11-17/h5-7,9,14,16,19H,3-4,8,10-11H2,1-2H3. The molecule has 1 aromatic rings. The zero-order chi connectivity index (χ0) is 13.8. The van der Waals surface area contributed by atoms with E-state index in [2.05, 4.69) is 18.7 Å². The first kappa shape index (κ1) is 14.0. The molecular weight excluding hydrogens is 238 g/mol. The highest BCUT2D eigenvalue weighted by Crippen LogP contribution is 2.17. The van der Waals surface area contributed by atoms with Crippen molar-refractivity contribution in [3.05, 3.63) is 35.7 Å². The van der Waals surface area contributed by atoms with Gasteiger partial charge in [-0.2, -0.15) is 0 Å². The van der Waals surface area contributed by atoms with E-state index >= 15 is 0 Å². The fourth-order valence-corrected chi connectivity index (χ4v) is 2.26. The molecule has 0 aliphatic carbocycles. The van der Waals surface area contributed by atoms with Crippen LogP contribution >= 0.6 is 0 Å². The molecule has 1 aromatic heterocycles. The summed E-state index contributed by atoms with van der Waals surface area (Å²) in [5.41, 5.74) is 2.44. The second-order valence-corrected chi connectivity index (χ2v) is 5.30. The highest BCUT2D eigenvalue weighted by Gasteiger charge is 2.24. The van der Waals surface area contributed by atoms with Gasteiger partial charge < -0.3 is 9.67 Å². The number of aromatic nitrogens is 1. The number of rotatable bonds is 5. The first-order valence-electron chi connectivity index (χ1n) is 6.93. The van der Waals surface area contributed by atoms with Crippen LogP contribution in [0.25, 0.3) is 0 Å². The van der Waals surface area contributed by atoms with Gasteiger partial charge in [0, 0.05) is 32.0 Å². The number of likely N-dealkylation sites (tertiary alicyclic amines) is 1. The van der Waals surface area contributed by atoms with Crippen LogP contribution in [0, 0.1) is 12.3 Å². The molecule has 1 fully saturated rings. The smallest absolute Gasteiger partial charge is 0.128 e. The maximum Gasteiger partial charge on any atom is 0.128 e. The van der Waals surface area contributed by atoms with Crippen molar-refractivity contribution in [2.75, 3.05) is 13.1 Å². The van der Waals surface area contributed by atoms with Crippen LogP contribution in [0.3, 0.4) is 0 Å². The Balaban J connectivity index is 1.97. The molecule has 2 heterocycles. The zero-order valence-electron chi connectivity index (χ0n) is 11.8. The van der Waals surface area contributed by atoms with Crippen LogP contribution in [0.15, 0.2) is 24.5 Å². The molecule has 4 heteroatoms. The lowest BCUT2D eigenvalue weighted by Crippen LogP contribution is -2.49. The molecule has 0 spiro atoms. The van der Waals surface area contributed by atoms with Gasteiger partial charge in [-0.1, -0.05) is 19.4 Å². The average Bonchev–Trinajstić information content (AvgIpc) is 2.69. The van der Waals surface area contributed by atoms with Gasteiger partial charge in [0.15, 0.2) is 0 Å². The maximum absolute atomic E-state index is 9.29. The Hall–Kier alpha value is -1.39. The number of aliphatic hydroxyl groups excluding tert-OH is 1. The number of β-amino-alcohol motifs (C(OH)–C–C–N with tert-alkyl or cyclic N) is 1. The fraction of sp³-hybridized carbons (Fsp3) is 0.533. The molecule has 2 rings (SSSR count). The van der Waals surface area contributed by atoms with E-state index in [-0.39, 0.29) is 6.10 Å². The third-order valence-electron chi connectivity index (χ3n) is 3.48. The zero-order valence-corrected chi connectivity index (χ0v) is 11.8. The first-order valence-corrected chi connectivity index (χ1v) is 6.93. The van der Waals surface area contributed by atoms with E-state index in [1.165, 1.54) is 11.1 Å². The number of allylic oxidation sites excluding steroid dienone is 2. The minimum absolute atomic E-state index is 0.155. The molecule has 104 valence electrons. The Morgan fingerprint density at radius 3 is 2.84 bits per heavy atom. The molecule has 0 bridgehead atoms. The van der Waals surface area contributed by atoms with E-state index in [1.54, 1.807) is 0 Å². The third kappa shape index (κ3) is 3.55. The van der Waals surface area contributed by atoms with E-state index in [0.717, 1.165) is 32.5 Å². The van der Waals surface area contributed by atoms with Crippen molar-refractivity contribution in [2.24, 2.45) is 0 Å². The van der Waals surface area contributed by atoms with Crippen molar-refractivity contribution in [3.63, 3.8) is 0 Å². The third-order valence-corrected chi connectivity index (χ3v) is 3.48. The summed E-state index contributed by atoms with van der Waals surface area (Å²) in [6, 6.07) is 0. The van der Waals surface area contributed by atoms with Crippen molar-refractivity contribution in [1.29, 1.82) is 5.41 Å². The molecule has 1 aliphatic rings. The number of aliphatic hydroxyl groups is 1. The van der Waals surface area contributed by atoms with E-state index < -0.39 is 0 Å². The molecule has 0 atom stereocenters. The van der Waals surface area contributed by atoms with Crippen LogP contribution in [0.2, 0.25) is 0 Å². The van der Waals surface area contributed by atoms with Gasteiger partial charge in [0.1, 0.15) is 5.84 Å². The van der Waals surface area contributed by atoms with Crippen molar-refractivity contribution >= 4 is 5.84 Å². The molecule has 0 radical (unpaired) electrons. The summed E-state index contributed by atoms with van der Waals surface area (Å²) in [6.07, 6.45) is 9.90. The Labute approximate surface area is 114 Å². The predicted molar refractivity (Wildman–Crippen MR) is 77.6 cm³/mol. The van der Waals surface area contributed by atoms with Crippen molar-refractivity contribution in [1.82, 2.24) is 9.47 Å². The summed E-state index contributed by atoms with van der Waals surface area (Å²) >= 11 is 0. The molecular formula is C15H23N3O. The van der Waals surface area contributed by atoms with Crippen LogP contribution in [0.5, 0.6) is 0 Å². The average molecular weight is 261 g/mol. The Bertz CT molecular complexity index is 470. The topological polar surface area (TPSA) is 52.2 Å². The molecule has 19 heavy (non-hydrogen) atoms. The molecule has 1 saturated heterocycles. The summed E-state index contributed by atoms with van der Waals surface area (Å²) in [5, 5.41) is 17.3. The lowest BCUT2D eigenvalue weighted by Gasteiger charge is -2.35. The van der Waals surface area contributed by atoms with Crippen LogP contribution in [-0.4, -0.2) is 39.6 Å². The molecule has 4 nitrogen and oxygen atoms in total. The van der Waals surface area contributed by atoms with Gasteiger partial charge in [-0.3, -0.25) is 10.3 Å². The summed E-state index contributed by atoms with van der Waals surface area (Å²) in [5.74, 6) is 0.506. The summed E-state index contributed by atoms with van der Waals surface area (Å²) in [4.78, 5) is 2.22. The minimum atomic E-state index is -0.155. The van der Waals surface area contributed by atoms with Crippen molar-refractivity contribution in [3.8, 4) is 0 Å².